The Morgan fingerprint density at radius 2 is 1.82 bits per heavy atom. The van der Waals surface area contributed by atoms with Crippen LogP contribution in [0.3, 0.4) is 0 Å². The van der Waals surface area contributed by atoms with Crippen molar-refractivity contribution in [2.24, 2.45) is 5.92 Å². The van der Waals surface area contributed by atoms with Crippen LogP contribution in [-0.4, -0.2) is 4.83 Å². The van der Waals surface area contributed by atoms with Gasteiger partial charge in [-0.25, -0.2) is 0 Å². The molecule has 1 rings (SSSR count). The summed E-state index contributed by atoms with van der Waals surface area (Å²) < 4.78 is 0. The van der Waals surface area contributed by atoms with Gasteiger partial charge in [-0.15, -0.1) is 0 Å². The van der Waals surface area contributed by atoms with Crippen LogP contribution in [0.2, 0.25) is 0 Å². The Morgan fingerprint density at radius 1 is 1.18 bits per heavy atom. The van der Waals surface area contributed by atoms with Gasteiger partial charge in [0, 0.05) is 4.83 Å². The first-order chi connectivity index (χ1) is 5.34. The summed E-state index contributed by atoms with van der Waals surface area (Å²) in [6, 6.07) is 0. The monoisotopic (exact) mass is 218 g/mol. The molecule has 0 aliphatic heterocycles. The van der Waals surface area contributed by atoms with Crippen LogP contribution in [0.15, 0.2) is 0 Å². The molecule has 1 heteroatoms. The van der Waals surface area contributed by atoms with Gasteiger partial charge in [0.1, 0.15) is 0 Å². The lowest BCUT2D eigenvalue weighted by molar-refractivity contribution is 0.582. The Balaban J connectivity index is 1.74. The zero-order valence-corrected chi connectivity index (χ0v) is 9.07. The van der Waals surface area contributed by atoms with E-state index in [1.54, 1.807) is 0 Å². The minimum atomic E-state index is 0.883. The predicted octanol–water partition coefficient (Wildman–Crippen LogP) is 4.13. The molecule has 0 spiro atoms. The molecule has 0 saturated heterocycles. The van der Waals surface area contributed by atoms with E-state index < -0.39 is 0 Å². The van der Waals surface area contributed by atoms with Crippen molar-refractivity contribution in [2.45, 2.75) is 56.7 Å². The van der Waals surface area contributed by atoms with Gasteiger partial charge in [0.25, 0.3) is 0 Å². The van der Waals surface area contributed by atoms with Gasteiger partial charge in [0.05, 0.1) is 0 Å². The second-order valence-electron chi connectivity index (χ2n) is 3.71. The standard InChI is InChI=1S/C10H19Br/c1-2-3-4-5-6-7-9-8-10(9)11/h9-10H,2-8H2,1H3/t9-,10?/m1/s1. The van der Waals surface area contributed by atoms with Crippen LogP contribution in [0.5, 0.6) is 0 Å². The van der Waals surface area contributed by atoms with E-state index in [0.29, 0.717) is 0 Å². The average molecular weight is 219 g/mol. The molecular formula is C10H19Br. The lowest BCUT2D eigenvalue weighted by Crippen LogP contribution is -1.82. The van der Waals surface area contributed by atoms with Crippen LogP contribution >= 0.6 is 15.9 Å². The highest BCUT2D eigenvalue weighted by Gasteiger charge is 2.33. The number of halogens is 1. The van der Waals surface area contributed by atoms with Gasteiger partial charge < -0.3 is 0 Å². The topological polar surface area (TPSA) is 0 Å². The lowest BCUT2D eigenvalue weighted by atomic mass is 10.1. The first kappa shape index (κ1) is 9.57. The van der Waals surface area contributed by atoms with Crippen LogP contribution in [-0.2, 0) is 0 Å². The molecule has 0 aromatic heterocycles. The van der Waals surface area contributed by atoms with Crippen molar-refractivity contribution in [1.29, 1.82) is 0 Å². The highest BCUT2D eigenvalue weighted by atomic mass is 79.9. The third-order valence-electron chi connectivity index (χ3n) is 2.51. The molecule has 0 amide bonds. The van der Waals surface area contributed by atoms with Crippen LogP contribution < -0.4 is 0 Å². The number of hydrogen-bond donors (Lipinski definition) is 0. The van der Waals surface area contributed by atoms with E-state index >= 15 is 0 Å². The van der Waals surface area contributed by atoms with Crippen molar-refractivity contribution in [3.05, 3.63) is 0 Å². The van der Waals surface area contributed by atoms with E-state index in [2.05, 4.69) is 22.9 Å². The summed E-state index contributed by atoms with van der Waals surface area (Å²) in [4.78, 5) is 0.883. The van der Waals surface area contributed by atoms with Crippen LogP contribution in [0.25, 0.3) is 0 Å². The highest BCUT2D eigenvalue weighted by Crippen LogP contribution is 2.41. The molecule has 0 radical (unpaired) electrons. The maximum Gasteiger partial charge on any atom is 0.0177 e. The van der Waals surface area contributed by atoms with E-state index in [1.807, 2.05) is 0 Å². The molecule has 0 heterocycles. The summed E-state index contributed by atoms with van der Waals surface area (Å²) in [5, 5.41) is 0. The molecule has 11 heavy (non-hydrogen) atoms. The van der Waals surface area contributed by atoms with Crippen LogP contribution in [0.4, 0.5) is 0 Å². The second-order valence-corrected chi connectivity index (χ2v) is 4.89. The van der Waals surface area contributed by atoms with Crippen molar-refractivity contribution < 1.29 is 0 Å². The molecule has 0 bridgehead atoms. The molecular weight excluding hydrogens is 200 g/mol. The van der Waals surface area contributed by atoms with Gasteiger partial charge in [0.2, 0.25) is 0 Å². The number of rotatable bonds is 6. The Bertz CT molecular complexity index is 101. The number of hydrogen-bond acceptors (Lipinski definition) is 0. The van der Waals surface area contributed by atoms with Gasteiger partial charge in [-0.3, -0.25) is 0 Å². The van der Waals surface area contributed by atoms with Crippen LogP contribution in [0, 0.1) is 5.92 Å². The van der Waals surface area contributed by atoms with Crippen molar-refractivity contribution in [2.75, 3.05) is 0 Å². The van der Waals surface area contributed by atoms with Crippen molar-refractivity contribution >= 4 is 15.9 Å². The minimum Gasteiger partial charge on any atom is -0.0888 e. The summed E-state index contributed by atoms with van der Waals surface area (Å²) in [6.45, 7) is 2.27. The molecule has 0 aromatic carbocycles. The fourth-order valence-electron chi connectivity index (χ4n) is 1.52. The number of alkyl halides is 1. The average Bonchev–Trinajstić information content (AvgIpc) is 2.67. The summed E-state index contributed by atoms with van der Waals surface area (Å²) in [6.07, 6.45) is 10.1. The fourth-order valence-corrected chi connectivity index (χ4v) is 2.26. The largest absolute Gasteiger partial charge is 0.0888 e. The third kappa shape index (κ3) is 4.15. The Morgan fingerprint density at radius 3 is 2.36 bits per heavy atom. The normalized spacial score (nSPS) is 28.9. The second kappa shape index (κ2) is 5.18. The van der Waals surface area contributed by atoms with E-state index in [1.165, 1.54) is 44.9 Å². The van der Waals surface area contributed by atoms with E-state index in [0.717, 1.165) is 10.7 Å². The predicted molar refractivity (Wildman–Crippen MR) is 54.2 cm³/mol. The quantitative estimate of drug-likeness (QED) is 0.465. The van der Waals surface area contributed by atoms with Gasteiger partial charge in [-0.2, -0.15) is 0 Å². The molecule has 0 nitrogen and oxygen atoms in total. The SMILES string of the molecule is CCCCCCC[C@@H]1CC1Br. The Hall–Kier alpha value is 0.480. The van der Waals surface area contributed by atoms with Crippen molar-refractivity contribution in [1.82, 2.24) is 0 Å². The highest BCUT2D eigenvalue weighted by molar-refractivity contribution is 9.09. The summed E-state index contributed by atoms with van der Waals surface area (Å²) in [7, 11) is 0. The minimum absolute atomic E-state index is 0.883. The van der Waals surface area contributed by atoms with Gasteiger partial charge in [-0.1, -0.05) is 55.0 Å². The molecule has 1 aliphatic carbocycles. The van der Waals surface area contributed by atoms with Crippen molar-refractivity contribution in [3.63, 3.8) is 0 Å². The molecule has 1 fully saturated rings. The molecule has 1 unspecified atom stereocenters. The number of unbranched alkanes of at least 4 members (excludes halogenated alkanes) is 4. The summed E-state index contributed by atoms with van der Waals surface area (Å²) >= 11 is 3.63. The first-order valence-electron chi connectivity index (χ1n) is 4.98. The van der Waals surface area contributed by atoms with Gasteiger partial charge in [-0.05, 0) is 18.8 Å². The van der Waals surface area contributed by atoms with Crippen LogP contribution in [0.1, 0.15) is 51.9 Å². The third-order valence-corrected chi connectivity index (χ3v) is 3.64. The maximum absolute atomic E-state index is 3.63. The Labute approximate surface area is 78.9 Å². The smallest absolute Gasteiger partial charge is 0.0177 e. The van der Waals surface area contributed by atoms with E-state index in [9.17, 15) is 0 Å². The lowest BCUT2D eigenvalue weighted by Gasteiger charge is -1.97. The van der Waals surface area contributed by atoms with E-state index in [4.69, 9.17) is 0 Å². The summed E-state index contributed by atoms with van der Waals surface area (Å²) in [5.74, 6) is 1.04. The Kier molecular flexibility index (Phi) is 4.51. The summed E-state index contributed by atoms with van der Waals surface area (Å²) in [5.41, 5.74) is 0. The molecule has 1 saturated carbocycles. The van der Waals surface area contributed by atoms with Gasteiger partial charge >= 0.3 is 0 Å². The molecule has 0 N–H and O–H groups in total. The molecule has 1 aliphatic rings. The van der Waals surface area contributed by atoms with Crippen molar-refractivity contribution in [3.8, 4) is 0 Å². The zero-order chi connectivity index (χ0) is 8.10. The molecule has 2 atom stereocenters. The molecule has 66 valence electrons. The fraction of sp³-hybridized carbons (Fsp3) is 1.00. The van der Waals surface area contributed by atoms with Gasteiger partial charge in [0.15, 0.2) is 0 Å². The first-order valence-corrected chi connectivity index (χ1v) is 5.90. The zero-order valence-electron chi connectivity index (χ0n) is 7.48. The molecule has 0 aromatic rings. The van der Waals surface area contributed by atoms with E-state index in [-0.39, 0.29) is 0 Å². The maximum atomic E-state index is 3.63.